The van der Waals surface area contributed by atoms with Gasteiger partial charge in [0.2, 0.25) is 9.84 Å². The van der Waals surface area contributed by atoms with Gasteiger partial charge in [-0.05, 0) is 31.1 Å². The average Bonchev–Trinajstić information content (AvgIpc) is 2.69. The molecule has 7 heteroatoms. The monoisotopic (exact) mass is 391 g/mol. The number of benzene rings is 1. The molecule has 26 heavy (non-hydrogen) atoms. The molecule has 1 aromatic rings. The Morgan fingerprint density at radius 1 is 1.23 bits per heavy atom. The van der Waals surface area contributed by atoms with E-state index in [9.17, 15) is 13.2 Å². The van der Waals surface area contributed by atoms with Gasteiger partial charge in [-0.3, -0.25) is 4.79 Å². The van der Waals surface area contributed by atoms with Gasteiger partial charge in [-0.1, -0.05) is 24.3 Å². The molecule has 0 unspecified atom stereocenters. The van der Waals surface area contributed by atoms with E-state index in [-0.39, 0.29) is 28.0 Å². The topological polar surface area (TPSA) is 63.7 Å². The van der Waals surface area contributed by atoms with Gasteiger partial charge in [-0.15, -0.1) is 11.6 Å². The van der Waals surface area contributed by atoms with Crippen molar-refractivity contribution in [1.29, 1.82) is 0 Å². The molecule has 0 N–H and O–H groups in total. The Morgan fingerprint density at radius 2 is 2.00 bits per heavy atom. The molecular weight excluding hydrogens is 374 g/mol. The number of rotatable bonds is 6. The summed E-state index contributed by atoms with van der Waals surface area (Å²) in [4.78, 5) is 13.7. The van der Waals surface area contributed by atoms with E-state index in [4.69, 9.17) is 16.3 Å². The lowest BCUT2D eigenvalue weighted by atomic mass is 10.0. The molecule has 0 radical (unpaired) electrons. The zero-order chi connectivity index (χ0) is 18.6. The summed E-state index contributed by atoms with van der Waals surface area (Å²) < 4.78 is 31.7. The fourth-order valence-corrected chi connectivity index (χ4v) is 4.42. The fourth-order valence-electron chi connectivity index (χ4n) is 2.76. The highest BCUT2D eigenvalue weighted by molar-refractivity contribution is 7.95. The van der Waals surface area contributed by atoms with Crippen LogP contribution in [0.2, 0.25) is 0 Å². The molecule has 3 rings (SSSR count). The van der Waals surface area contributed by atoms with E-state index >= 15 is 0 Å². The van der Waals surface area contributed by atoms with E-state index in [0.29, 0.717) is 24.2 Å². The molecule has 0 bridgehead atoms. The number of hydrogen-bond donors (Lipinski definition) is 0. The van der Waals surface area contributed by atoms with Crippen LogP contribution in [0.15, 0.2) is 82.3 Å². The third kappa shape index (κ3) is 3.92. The van der Waals surface area contributed by atoms with Crippen molar-refractivity contribution in [3.05, 3.63) is 77.4 Å². The molecule has 0 spiro atoms. The summed E-state index contributed by atoms with van der Waals surface area (Å²) in [5.41, 5.74) is 0.601. The number of nitrogens with zero attached hydrogens (tertiary/aromatic N) is 1. The van der Waals surface area contributed by atoms with E-state index in [2.05, 4.69) is 0 Å². The average molecular weight is 392 g/mol. The molecule has 0 saturated carbocycles. The minimum atomic E-state index is -3.66. The Hall–Kier alpha value is -2.31. The Kier molecular flexibility index (Phi) is 5.64. The van der Waals surface area contributed by atoms with Crippen LogP contribution in [0.4, 0.5) is 0 Å². The number of ketones is 1. The summed E-state index contributed by atoms with van der Waals surface area (Å²) in [7, 11) is -3.66. The van der Waals surface area contributed by atoms with Gasteiger partial charge in [-0.2, -0.15) is 0 Å². The van der Waals surface area contributed by atoms with Gasteiger partial charge in [0.15, 0.2) is 5.78 Å². The van der Waals surface area contributed by atoms with Crippen molar-refractivity contribution < 1.29 is 17.9 Å². The molecule has 0 fully saturated rings. The number of ether oxygens (including phenoxy) is 1. The molecule has 1 heterocycles. The van der Waals surface area contributed by atoms with Crippen molar-refractivity contribution in [2.24, 2.45) is 0 Å². The van der Waals surface area contributed by atoms with Crippen molar-refractivity contribution in [2.75, 3.05) is 12.4 Å². The van der Waals surface area contributed by atoms with Gasteiger partial charge in [0.05, 0.1) is 22.2 Å². The van der Waals surface area contributed by atoms with Crippen LogP contribution in [0.25, 0.3) is 0 Å². The number of alkyl halides is 1. The van der Waals surface area contributed by atoms with E-state index in [0.717, 1.165) is 0 Å². The van der Waals surface area contributed by atoms with Crippen LogP contribution in [0.1, 0.15) is 12.8 Å². The molecule has 1 aromatic carbocycles. The summed E-state index contributed by atoms with van der Waals surface area (Å²) in [6, 6.07) is 8.30. The quantitative estimate of drug-likeness (QED) is 0.694. The lowest BCUT2D eigenvalue weighted by molar-refractivity contribution is -0.116. The van der Waals surface area contributed by atoms with Crippen LogP contribution in [0, 0.1) is 0 Å². The van der Waals surface area contributed by atoms with Crippen LogP contribution in [-0.4, -0.2) is 31.5 Å². The van der Waals surface area contributed by atoms with Gasteiger partial charge in [0.1, 0.15) is 12.0 Å². The van der Waals surface area contributed by atoms with Crippen LogP contribution >= 0.6 is 11.6 Å². The number of carbonyl (C=O) groups excluding carboxylic acids is 1. The van der Waals surface area contributed by atoms with Crippen LogP contribution < -0.4 is 0 Å². The first kappa shape index (κ1) is 18.5. The maximum atomic E-state index is 13.1. The molecule has 5 nitrogen and oxygen atoms in total. The van der Waals surface area contributed by atoms with Crippen molar-refractivity contribution >= 4 is 27.2 Å². The Morgan fingerprint density at radius 3 is 2.73 bits per heavy atom. The lowest BCUT2D eigenvalue weighted by Gasteiger charge is -2.24. The maximum absolute atomic E-state index is 13.1. The van der Waals surface area contributed by atoms with Gasteiger partial charge in [-0.25, -0.2) is 8.42 Å². The number of hydrogen-bond acceptors (Lipinski definition) is 5. The summed E-state index contributed by atoms with van der Waals surface area (Å²) in [6.07, 6.45) is 9.40. The highest BCUT2D eigenvalue weighted by Crippen LogP contribution is 2.34. The Labute approximate surface area is 157 Å². The first-order chi connectivity index (χ1) is 12.5. The normalized spacial score (nSPS) is 17.1. The highest BCUT2D eigenvalue weighted by atomic mass is 35.5. The standard InChI is InChI=1S/C19H18ClNO4S/c20-12-15(22)13-21-10-11-25-18(14-21)17-8-4-5-9-19(17)26(23,24)16-6-2-1-3-7-16/h1-3,5-7,9-11,14H,4,8,12-13H2. The number of Topliss-reactive ketones (excluding diaryl/α,β-unsaturated/α-hetero) is 1. The smallest absolute Gasteiger partial charge is 0.206 e. The van der Waals surface area contributed by atoms with E-state index in [1.165, 1.54) is 6.26 Å². The Balaban J connectivity index is 2.00. The third-order valence-electron chi connectivity index (χ3n) is 4.01. The summed E-state index contributed by atoms with van der Waals surface area (Å²) in [5, 5.41) is 0. The van der Waals surface area contributed by atoms with Crippen molar-refractivity contribution in [3.63, 3.8) is 0 Å². The predicted octanol–water partition coefficient (Wildman–Crippen LogP) is 3.52. The number of halogens is 1. The zero-order valence-corrected chi connectivity index (χ0v) is 15.5. The minimum absolute atomic E-state index is 0.0760. The molecule has 136 valence electrons. The van der Waals surface area contributed by atoms with E-state index in [1.54, 1.807) is 53.7 Å². The van der Waals surface area contributed by atoms with Gasteiger partial charge in [0.25, 0.3) is 0 Å². The molecule has 0 atom stereocenters. The second-order valence-corrected chi connectivity index (χ2v) is 8.03. The van der Waals surface area contributed by atoms with Crippen LogP contribution in [-0.2, 0) is 19.4 Å². The summed E-state index contributed by atoms with van der Waals surface area (Å²) in [5.74, 6) is 0.213. The third-order valence-corrected chi connectivity index (χ3v) is 6.16. The Bertz CT molecular complexity index is 914. The number of carbonyl (C=O) groups is 1. The lowest BCUT2D eigenvalue weighted by Crippen LogP contribution is -2.24. The highest BCUT2D eigenvalue weighted by Gasteiger charge is 2.27. The number of sulfone groups is 1. The first-order valence-electron chi connectivity index (χ1n) is 8.11. The molecule has 0 aromatic heterocycles. The molecular formula is C19H18ClNO4S. The van der Waals surface area contributed by atoms with Crippen LogP contribution in [0.3, 0.4) is 0 Å². The van der Waals surface area contributed by atoms with Crippen molar-refractivity contribution in [3.8, 4) is 0 Å². The minimum Gasteiger partial charge on any atom is -0.462 e. The van der Waals surface area contributed by atoms with Crippen molar-refractivity contribution in [2.45, 2.75) is 17.7 Å². The van der Waals surface area contributed by atoms with Gasteiger partial charge >= 0.3 is 0 Å². The SMILES string of the molecule is O=C(CCl)CN1C=COC(C2=C(S(=O)(=O)c3ccccc3)C=CCC2)=C1. The molecule has 2 aliphatic rings. The second kappa shape index (κ2) is 7.93. The van der Waals surface area contributed by atoms with Gasteiger partial charge in [0, 0.05) is 18.0 Å². The summed E-state index contributed by atoms with van der Waals surface area (Å²) >= 11 is 5.56. The largest absolute Gasteiger partial charge is 0.462 e. The van der Waals surface area contributed by atoms with Crippen LogP contribution in [0.5, 0.6) is 0 Å². The van der Waals surface area contributed by atoms with Gasteiger partial charge < -0.3 is 9.64 Å². The molecule has 1 aliphatic carbocycles. The molecule has 0 saturated heterocycles. The zero-order valence-electron chi connectivity index (χ0n) is 14.0. The summed E-state index contributed by atoms with van der Waals surface area (Å²) in [6.45, 7) is 0.108. The fraction of sp³-hybridized carbons (Fsp3) is 0.211. The van der Waals surface area contributed by atoms with E-state index < -0.39 is 9.84 Å². The van der Waals surface area contributed by atoms with Crippen molar-refractivity contribution in [1.82, 2.24) is 4.90 Å². The predicted molar refractivity (Wildman–Crippen MR) is 99.8 cm³/mol. The first-order valence-corrected chi connectivity index (χ1v) is 10.1. The molecule has 1 aliphatic heterocycles. The maximum Gasteiger partial charge on any atom is 0.206 e. The van der Waals surface area contributed by atoms with E-state index in [1.807, 2.05) is 6.08 Å². The second-order valence-electron chi connectivity index (χ2n) is 5.84. The number of allylic oxidation sites excluding steroid dienone is 3. The molecule has 0 amide bonds.